The Balaban J connectivity index is 1.99. The predicted molar refractivity (Wildman–Crippen MR) is 64.5 cm³/mol. The lowest BCUT2D eigenvalue weighted by atomic mass is 10.3. The van der Waals surface area contributed by atoms with E-state index < -0.39 is 0 Å². The van der Waals surface area contributed by atoms with Gasteiger partial charge >= 0.3 is 0 Å². The van der Waals surface area contributed by atoms with Crippen molar-refractivity contribution in [1.29, 1.82) is 0 Å². The number of nitrogen functional groups attached to an aromatic ring is 1. The van der Waals surface area contributed by atoms with E-state index in [2.05, 4.69) is 20.9 Å². The molecule has 4 N–H and O–H groups in total. The van der Waals surface area contributed by atoms with Crippen molar-refractivity contribution in [2.24, 2.45) is 5.84 Å². The fraction of sp³-hybridized carbons (Fsp3) is 0.182. The second kappa shape index (κ2) is 5.28. The number of carbonyl (C=O) groups excluding carboxylic acids is 1. The number of aromatic nitrogens is 2. The third-order valence-corrected chi connectivity index (χ3v) is 2.27. The molecular formula is C11H13N5O2. The van der Waals surface area contributed by atoms with Gasteiger partial charge in [-0.2, -0.15) is 0 Å². The average Bonchev–Trinajstić information content (AvgIpc) is 2.82. The summed E-state index contributed by atoms with van der Waals surface area (Å²) in [5.74, 6) is 5.66. The Morgan fingerprint density at radius 1 is 1.50 bits per heavy atom. The van der Waals surface area contributed by atoms with E-state index in [9.17, 15) is 4.79 Å². The van der Waals surface area contributed by atoms with Gasteiger partial charge in [-0.05, 0) is 19.1 Å². The number of hydrazine groups is 1. The van der Waals surface area contributed by atoms with Gasteiger partial charge in [0.15, 0.2) is 0 Å². The Morgan fingerprint density at radius 2 is 2.33 bits per heavy atom. The summed E-state index contributed by atoms with van der Waals surface area (Å²) in [6, 6.07) is 4.98. The standard InChI is InChI=1S/C11H13N5O2/c1-7-4-9(16-18-7)6-14-11(17)10-5-8(15-12)2-3-13-10/h2-5H,6,12H2,1H3,(H,13,15)(H,14,17). The Labute approximate surface area is 103 Å². The van der Waals surface area contributed by atoms with E-state index in [-0.39, 0.29) is 18.1 Å². The lowest BCUT2D eigenvalue weighted by Crippen LogP contribution is -2.24. The van der Waals surface area contributed by atoms with Gasteiger partial charge in [-0.1, -0.05) is 5.16 Å². The van der Waals surface area contributed by atoms with Crippen LogP contribution in [-0.4, -0.2) is 16.0 Å². The van der Waals surface area contributed by atoms with Crippen molar-refractivity contribution in [3.8, 4) is 0 Å². The van der Waals surface area contributed by atoms with Crippen LogP contribution >= 0.6 is 0 Å². The van der Waals surface area contributed by atoms with Crippen LogP contribution in [0.3, 0.4) is 0 Å². The van der Waals surface area contributed by atoms with Gasteiger partial charge in [0, 0.05) is 12.3 Å². The first-order chi connectivity index (χ1) is 8.69. The highest BCUT2D eigenvalue weighted by Crippen LogP contribution is 2.06. The zero-order chi connectivity index (χ0) is 13.0. The molecule has 7 heteroatoms. The predicted octanol–water partition coefficient (Wildman–Crippen LogP) is 0.594. The molecule has 2 heterocycles. The molecule has 2 aromatic heterocycles. The van der Waals surface area contributed by atoms with E-state index in [1.807, 2.05) is 0 Å². The molecule has 0 aromatic carbocycles. The summed E-state index contributed by atoms with van der Waals surface area (Å²) in [6.45, 7) is 2.08. The third-order valence-electron chi connectivity index (χ3n) is 2.27. The number of nitrogens with one attached hydrogen (secondary N) is 2. The number of nitrogens with zero attached hydrogens (tertiary/aromatic N) is 2. The quantitative estimate of drug-likeness (QED) is 0.539. The minimum atomic E-state index is -0.298. The zero-order valence-corrected chi connectivity index (χ0v) is 9.80. The van der Waals surface area contributed by atoms with Crippen LogP contribution in [0.4, 0.5) is 5.69 Å². The first-order valence-electron chi connectivity index (χ1n) is 5.32. The molecule has 18 heavy (non-hydrogen) atoms. The summed E-state index contributed by atoms with van der Waals surface area (Å²) < 4.78 is 4.90. The van der Waals surface area contributed by atoms with Crippen molar-refractivity contribution >= 4 is 11.6 Å². The Bertz CT molecular complexity index is 552. The van der Waals surface area contributed by atoms with Crippen LogP contribution in [0.5, 0.6) is 0 Å². The fourth-order valence-electron chi connectivity index (χ4n) is 1.41. The van der Waals surface area contributed by atoms with Crippen LogP contribution in [0.1, 0.15) is 21.9 Å². The van der Waals surface area contributed by atoms with E-state index in [0.717, 1.165) is 0 Å². The molecule has 7 nitrogen and oxygen atoms in total. The second-order valence-corrected chi connectivity index (χ2v) is 3.69. The molecule has 94 valence electrons. The molecule has 2 rings (SSSR count). The monoisotopic (exact) mass is 247 g/mol. The van der Waals surface area contributed by atoms with Gasteiger partial charge in [-0.3, -0.25) is 15.6 Å². The molecule has 0 atom stereocenters. The van der Waals surface area contributed by atoms with Crippen molar-refractivity contribution in [1.82, 2.24) is 15.5 Å². The summed E-state index contributed by atoms with van der Waals surface area (Å²) in [6.07, 6.45) is 1.50. The number of amides is 1. The molecule has 0 saturated carbocycles. The van der Waals surface area contributed by atoms with Crippen LogP contribution in [0, 0.1) is 6.92 Å². The number of aryl methyl sites for hydroxylation is 1. The molecule has 2 aromatic rings. The maximum absolute atomic E-state index is 11.8. The molecule has 0 spiro atoms. The fourth-order valence-corrected chi connectivity index (χ4v) is 1.41. The lowest BCUT2D eigenvalue weighted by Gasteiger charge is -2.04. The molecule has 0 aliphatic rings. The van der Waals surface area contributed by atoms with Gasteiger partial charge in [0.05, 0.1) is 12.2 Å². The normalized spacial score (nSPS) is 10.1. The molecule has 0 aliphatic heterocycles. The van der Waals surface area contributed by atoms with Gasteiger partial charge in [0.1, 0.15) is 17.1 Å². The van der Waals surface area contributed by atoms with E-state index in [1.165, 1.54) is 6.20 Å². The molecule has 0 radical (unpaired) electrons. The maximum Gasteiger partial charge on any atom is 0.270 e. The molecule has 0 unspecified atom stereocenters. The topological polar surface area (TPSA) is 106 Å². The number of hydrogen-bond acceptors (Lipinski definition) is 6. The summed E-state index contributed by atoms with van der Waals surface area (Å²) >= 11 is 0. The third kappa shape index (κ3) is 2.83. The zero-order valence-electron chi connectivity index (χ0n) is 9.80. The van der Waals surface area contributed by atoms with Crippen molar-refractivity contribution in [3.63, 3.8) is 0 Å². The van der Waals surface area contributed by atoms with E-state index in [0.29, 0.717) is 17.1 Å². The number of carbonyl (C=O) groups is 1. The van der Waals surface area contributed by atoms with Crippen LogP contribution in [-0.2, 0) is 6.54 Å². The highest BCUT2D eigenvalue weighted by molar-refractivity contribution is 5.92. The number of anilines is 1. The minimum absolute atomic E-state index is 0.283. The van der Waals surface area contributed by atoms with Gasteiger partial charge in [-0.25, -0.2) is 0 Å². The number of rotatable bonds is 4. The summed E-state index contributed by atoms with van der Waals surface area (Å²) in [5, 5.41) is 6.46. The molecule has 0 fully saturated rings. The highest BCUT2D eigenvalue weighted by Gasteiger charge is 2.08. The second-order valence-electron chi connectivity index (χ2n) is 3.69. The largest absolute Gasteiger partial charge is 0.361 e. The van der Waals surface area contributed by atoms with Gasteiger partial charge in [-0.15, -0.1) is 0 Å². The Morgan fingerprint density at radius 3 is 3.00 bits per heavy atom. The van der Waals surface area contributed by atoms with E-state index in [1.54, 1.807) is 25.1 Å². The molecular weight excluding hydrogens is 234 g/mol. The van der Waals surface area contributed by atoms with Crippen LogP contribution < -0.4 is 16.6 Å². The lowest BCUT2D eigenvalue weighted by molar-refractivity contribution is 0.0945. The number of hydrogen-bond donors (Lipinski definition) is 3. The van der Waals surface area contributed by atoms with Crippen molar-refractivity contribution in [2.45, 2.75) is 13.5 Å². The van der Waals surface area contributed by atoms with Gasteiger partial charge in [0.25, 0.3) is 5.91 Å². The summed E-state index contributed by atoms with van der Waals surface area (Å²) in [7, 11) is 0. The summed E-state index contributed by atoms with van der Waals surface area (Å²) in [4.78, 5) is 15.7. The molecule has 1 amide bonds. The maximum atomic E-state index is 11.8. The van der Waals surface area contributed by atoms with Crippen LogP contribution in [0.2, 0.25) is 0 Å². The van der Waals surface area contributed by atoms with Gasteiger partial charge in [0.2, 0.25) is 0 Å². The summed E-state index contributed by atoms with van der Waals surface area (Å²) in [5.41, 5.74) is 4.01. The minimum Gasteiger partial charge on any atom is -0.361 e. The smallest absolute Gasteiger partial charge is 0.270 e. The van der Waals surface area contributed by atoms with E-state index >= 15 is 0 Å². The van der Waals surface area contributed by atoms with Crippen molar-refractivity contribution in [2.75, 3.05) is 5.43 Å². The Hall–Kier alpha value is -2.41. The molecule has 0 aliphatic carbocycles. The SMILES string of the molecule is Cc1cc(CNC(=O)c2cc(NN)ccn2)no1. The number of pyridine rings is 1. The van der Waals surface area contributed by atoms with Crippen LogP contribution in [0.25, 0.3) is 0 Å². The highest BCUT2D eigenvalue weighted by atomic mass is 16.5. The number of nitrogens with two attached hydrogens (primary N) is 1. The van der Waals surface area contributed by atoms with Crippen LogP contribution in [0.15, 0.2) is 28.9 Å². The average molecular weight is 247 g/mol. The van der Waals surface area contributed by atoms with Crippen molar-refractivity contribution < 1.29 is 9.32 Å². The first kappa shape index (κ1) is 12.1. The first-order valence-corrected chi connectivity index (χ1v) is 5.32. The molecule has 0 saturated heterocycles. The van der Waals surface area contributed by atoms with E-state index in [4.69, 9.17) is 10.4 Å². The van der Waals surface area contributed by atoms with Crippen molar-refractivity contribution in [3.05, 3.63) is 41.5 Å². The molecule has 0 bridgehead atoms. The Kier molecular flexibility index (Phi) is 3.54. The van der Waals surface area contributed by atoms with Gasteiger partial charge < -0.3 is 15.3 Å².